The highest BCUT2D eigenvalue weighted by Crippen LogP contribution is 2.40. The van der Waals surface area contributed by atoms with Crippen LogP contribution in [0.3, 0.4) is 0 Å². The van der Waals surface area contributed by atoms with Crippen LogP contribution >= 0.6 is 15.9 Å². The first-order chi connectivity index (χ1) is 11.6. The molecule has 1 aliphatic carbocycles. The molecule has 2 unspecified atom stereocenters. The van der Waals surface area contributed by atoms with Crippen LogP contribution in [0.2, 0.25) is 0 Å². The van der Waals surface area contributed by atoms with Crippen molar-refractivity contribution in [1.82, 2.24) is 0 Å². The summed E-state index contributed by atoms with van der Waals surface area (Å²) in [5.41, 5.74) is 1.74. The predicted molar refractivity (Wildman–Crippen MR) is 94.2 cm³/mol. The monoisotopic (exact) mass is 383 g/mol. The third kappa shape index (κ3) is 3.81. The molecular weight excluding hydrogens is 370 g/mol. The summed E-state index contributed by atoms with van der Waals surface area (Å²) in [4.78, 5) is 24.4. The Balaban J connectivity index is 1.57. The van der Waals surface area contributed by atoms with Gasteiger partial charge in [0.1, 0.15) is 0 Å². The van der Waals surface area contributed by atoms with E-state index in [4.69, 9.17) is 5.26 Å². The van der Waals surface area contributed by atoms with Crippen molar-refractivity contribution < 1.29 is 9.59 Å². The average Bonchev–Trinajstić information content (AvgIpc) is 3.36. The number of hydrogen-bond acceptors (Lipinski definition) is 3. The number of nitrogens with one attached hydrogen (secondary N) is 2. The second-order valence-corrected chi connectivity index (χ2v) is 6.55. The molecule has 0 spiro atoms. The highest BCUT2D eigenvalue weighted by Gasteiger charge is 2.48. The topological polar surface area (TPSA) is 82.0 Å². The normalized spacial score (nSPS) is 18.3. The third-order valence-corrected chi connectivity index (χ3v) is 4.31. The molecule has 24 heavy (non-hydrogen) atoms. The van der Waals surface area contributed by atoms with Crippen LogP contribution in [0, 0.1) is 23.2 Å². The number of carbonyl (C=O) groups excluding carboxylic acids is 2. The highest BCUT2D eigenvalue weighted by molar-refractivity contribution is 9.10. The minimum Gasteiger partial charge on any atom is -0.326 e. The number of amides is 2. The van der Waals surface area contributed by atoms with E-state index in [1.165, 1.54) is 0 Å². The van der Waals surface area contributed by atoms with E-state index in [-0.39, 0.29) is 23.7 Å². The summed E-state index contributed by atoms with van der Waals surface area (Å²) in [6.45, 7) is 0. The zero-order valence-corrected chi connectivity index (χ0v) is 14.2. The maximum Gasteiger partial charge on any atom is 0.228 e. The maximum atomic E-state index is 12.2. The van der Waals surface area contributed by atoms with Crippen LogP contribution in [0.25, 0.3) is 0 Å². The fourth-order valence-corrected chi connectivity index (χ4v) is 2.88. The van der Waals surface area contributed by atoms with E-state index in [2.05, 4.69) is 26.6 Å². The van der Waals surface area contributed by atoms with E-state index in [0.29, 0.717) is 23.4 Å². The number of carbonyl (C=O) groups is 2. The van der Waals surface area contributed by atoms with Crippen molar-refractivity contribution in [2.24, 2.45) is 11.8 Å². The van der Waals surface area contributed by atoms with Crippen LogP contribution < -0.4 is 10.6 Å². The summed E-state index contributed by atoms with van der Waals surface area (Å²) in [6.07, 6.45) is 0.531. The first-order valence-corrected chi connectivity index (χ1v) is 8.23. The molecule has 2 N–H and O–H groups in total. The molecular formula is C18H14BrN3O2. The quantitative estimate of drug-likeness (QED) is 0.846. The van der Waals surface area contributed by atoms with Gasteiger partial charge in [-0.05, 0) is 42.8 Å². The van der Waals surface area contributed by atoms with Gasteiger partial charge in [-0.2, -0.15) is 5.26 Å². The molecule has 5 nitrogen and oxygen atoms in total. The van der Waals surface area contributed by atoms with Gasteiger partial charge < -0.3 is 10.6 Å². The number of nitriles is 1. The number of halogens is 1. The largest absolute Gasteiger partial charge is 0.326 e. The number of anilines is 2. The molecule has 120 valence electrons. The molecule has 0 heterocycles. The molecule has 1 fully saturated rings. The van der Waals surface area contributed by atoms with Crippen molar-refractivity contribution in [3.8, 4) is 6.07 Å². The van der Waals surface area contributed by atoms with Crippen molar-refractivity contribution in [3.05, 3.63) is 58.6 Å². The maximum absolute atomic E-state index is 12.2. The molecule has 0 aromatic heterocycles. The standard InChI is InChI=1S/C18H14BrN3O2/c19-12-4-2-6-14(8-12)22-18(24)16-9-15(16)17(23)21-13-5-1-3-11(7-13)10-20/h1-8,15-16H,9H2,(H,21,23)(H,22,24). The summed E-state index contributed by atoms with van der Waals surface area (Å²) < 4.78 is 0.878. The number of benzene rings is 2. The molecule has 0 radical (unpaired) electrons. The van der Waals surface area contributed by atoms with E-state index < -0.39 is 0 Å². The van der Waals surface area contributed by atoms with Gasteiger partial charge in [0.15, 0.2) is 0 Å². The molecule has 0 bridgehead atoms. The molecule has 6 heteroatoms. The summed E-state index contributed by atoms with van der Waals surface area (Å²) in [7, 11) is 0. The Bertz CT molecular complexity index is 844. The molecule has 2 aromatic rings. The summed E-state index contributed by atoms with van der Waals surface area (Å²) in [6, 6.07) is 16.0. The van der Waals surface area contributed by atoms with Gasteiger partial charge in [-0.25, -0.2) is 0 Å². The lowest BCUT2D eigenvalue weighted by Gasteiger charge is -2.06. The van der Waals surface area contributed by atoms with Gasteiger partial charge in [0, 0.05) is 15.8 Å². The highest BCUT2D eigenvalue weighted by atomic mass is 79.9. The molecule has 2 aromatic carbocycles. The van der Waals surface area contributed by atoms with Gasteiger partial charge in [0.05, 0.1) is 23.5 Å². The molecule has 1 aliphatic rings. The fourth-order valence-electron chi connectivity index (χ4n) is 2.48. The van der Waals surface area contributed by atoms with Crippen molar-refractivity contribution in [2.45, 2.75) is 6.42 Å². The van der Waals surface area contributed by atoms with Gasteiger partial charge in [-0.1, -0.05) is 28.1 Å². The number of hydrogen-bond donors (Lipinski definition) is 2. The minimum absolute atomic E-state index is 0.154. The van der Waals surface area contributed by atoms with Crippen molar-refractivity contribution in [3.63, 3.8) is 0 Å². The van der Waals surface area contributed by atoms with E-state index in [9.17, 15) is 9.59 Å². The van der Waals surface area contributed by atoms with Crippen LogP contribution in [-0.4, -0.2) is 11.8 Å². The van der Waals surface area contributed by atoms with Gasteiger partial charge in [-0.3, -0.25) is 9.59 Å². The van der Waals surface area contributed by atoms with E-state index in [0.717, 1.165) is 4.47 Å². The van der Waals surface area contributed by atoms with Gasteiger partial charge >= 0.3 is 0 Å². The van der Waals surface area contributed by atoms with Crippen LogP contribution in [-0.2, 0) is 9.59 Å². The molecule has 0 aliphatic heterocycles. The Morgan fingerprint density at radius 2 is 1.58 bits per heavy atom. The predicted octanol–water partition coefficient (Wildman–Crippen LogP) is 3.53. The smallest absolute Gasteiger partial charge is 0.228 e. The lowest BCUT2D eigenvalue weighted by Crippen LogP contribution is -2.20. The average molecular weight is 384 g/mol. The lowest BCUT2D eigenvalue weighted by atomic mass is 10.2. The van der Waals surface area contributed by atoms with Crippen LogP contribution in [0.4, 0.5) is 11.4 Å². The van der Waals surface area contributed by atoms with Crippen molar-refractivity contribution >= 4 is 39.1 Å². The Labute approximate surface area is 147 Å². The Kier molecular flexibility index (Phi) is 4.63. The van der Waals surface area contributed by atoms with Gasteiger partial charge in [-0.15, -0.1) is 0 Å². The van der Waals surface area contributed by atoms with E-state index in [1.807, 2.05) is 24.3 Å². The fraction of sp³-hybridized carbons (Fsp3) is 0.167. The van der Waals surface area contributed by atoms with Gasteiger partial charge in [0.25, 0.3) is 0 Å². The first-order valence-electron chi connectivity index (χ1n) is 7.44. The van der Waals surface area contributed by atoms with Crippen molar-refractivity contribution in [1.29, 1.82) is 5.26 Å². The molecule has 3 rings (SSSR count). The molecule has 2 amide bonds. The summed E-state index contributed by atoms with van der Waals surface area (Å²) >= 11 is 3.35. The summed E-state index contributed by atoms with van der Waals surface area (Å²) in [5.74, 6) is -0.996. The second kappa shape index (κ2) is 6.85. The van der Waals surface area contributed by atoms with E-state index >= 15 is 0 Å². The first kappa shape index (κ1) is 16.2. The Hall–Kier alpha value is -2.65. The Morgan fingerprint density at radius 3 is 2.17 bits per heavy atom. The van der Waals surface area contributed by atoms with Gasteiger partial charge in [0.2, 0.25) is 11.8 Å². The number of rotatable bonds is 4. The van der Waals surface area contributed by atoms with E-state index in [1.54, 1.807) is 30.3 Å². The van der Waals surface area contributed by atoms with Crippen molar-refractivity contribution in [2.75, 3.05) is 10.6 Å². The molecule has 2 atom stereocenters. The van der Waals surface area contributed by atoms with Crippen LogP contribution in [0.1, 0.15) is 12.0 Å². The third-order valence-electron chi connectivity index (χ3n) is 3.82. The molecule has 1 saturated carbocycles. The zero-order valence-electron chi connectivity index (χ0n) is 12.6. The van der Waals surface area contributed by atoms with Crippen LogP contribution in [0.15, 0.2) is 53.0 Å². The number of nitrogens with zero attached hydrogens (tertiary/aromatic N) is 1. The SMILES string of the molecule is N#Cc1cccc(NC(=O)C2CC2C(=O)Nc2cccc(Br)c2)c1. The lowest BCUT2D eigenvalue weighted by molar-refractivity contribution is -0.122. The second-order valence-electron chi connectivity index (χ2n) is 5.63. The molecule has 0 saturated heterocycles. The minimum atomic E-state index is -0.331. The Morgan fingerprint density at radius 1 is 1.00 bits per heavy atom. The van der Waals surface area contributed by atoms with Crippen LogP contribution in [0.5, 0.6) is 0 Å². The zero-order chi connectivity index (χ0) is 17.1. The summed E-state index contributed by atoms with van der Waals surface area (Å²) in [5, 5.41) is 14.5.